The van der Waals surface area contributed by atoms with E-state index in [1.165, 1.54) is 14.2 Å². The highest BCUT2D eigenvalue weighted by Gasteiger charge is 2.52. The first-order valence-electron chi connectivity index (χ1n) is 7.82. The van der Waals surface area contributed by atoms with Gasteiger partial charge in [-0.05, 0) is 27.7 Å². The Morgan fingerprint density at radius 1 is 0.875 bits per heavy atom. The van der Waals surface area contributed by atoms with E-state index in [2.05, 4.69) is 0 Å². The van der Waals surface area contributed by atoms with Gasteiger partial charge in [-0.3, -0.25) is 18.8 Å². The fraction of sp³-hybridized carbons (Fsp3) is 0.923. The molecule has 144 valence electrons. The van der Waals surface area contributed by atoms with Crippen LogP contribution in [0.4, 0.5) is 0 Å². The molecule has 0 saturated heterocycles. The van der Waals surface area contributed by atoms with Crippen molar-refractivity contribution in [2.45, 2.75) is 39.5 Å². The third-order valence-corrected chi connectivity index (χ3v) is 8.94. The molecule has 0 radical (unpaired) electrons. The van der Waals surface area contributed by atoms with Crippen molar-refractivity contribution >= 4 is 21.1 Å². The monoisotopic (exact) mass is 389 g/mol. The zero-order chi connectivity index (χ0) is 18.8. The molecule has 1 amide bonds. The number of rotatable bonds is 13. The number of hydrogen-bond donors (Lipinski definition) is 0. The summed E-state index contributed by atoms with van der Waals surface area (Å²) in [6, 6.07) is 0. The quantitative estimate of drug-likeness (QED) is 0.350. The molecule has 0 aliphatic rings. The average Bonchev–Trinajstić information content (AvgIpc) is 2.52. The van der Waals surface area contributed by atoms with Crippen molar-refractivity contribution in [2.24, 2.45) is 0 Å². The minimum Gasteiger partial charge on any atom is -0.308 e. The van der Waals surface area contributed by atoms with Crippen LogP contribution in [0.15, 0.2) is 0 Å². The molecule has 0 unspecified atom stereocenters. The predicted octanol–water partition coefficient (Wildman–Crippen LogP) is 3.25. The van der Waals surface area contributed by atoms with E-state index in [4.69, 9.17) is 22.9 Å². The maximum Gasteiger partial charge on any atom is 0.346 e. The van der Waals surface area contributed by atoms with Crippen molar-refractivity contribution < 1.29 is 36.9 Å². The van der Waals surface area contributed by atoms with Crippen LogP contribution in [0.2, 0.25) is 0 Å². The van der Waals surface area contributed by atoms with Crippen LogP contribution in [0, 0.1) is 0 Å². The van der Waals surface area contributed by atoms with Crippen LogP contribution in [-0.4, -0.2) is 57.0 Å². The first-order valence-corrected chi connectivity index (χ1v) is 11.0. The summed E-state index contributed by atoms with van der Waals surface area (Å²) >= 11 is 0. The molecule has 0 atom stereocenters. The number of amides is 1. The smallest absolute Gasteiger partial charge is 0.308 e. The van der Waals surface area contributed by atoms with E-state index in [-0.39, 0.29) is 26.4 Å². The zero-order valence-corrected chi connectivity index (χ0v) is 17.0. The Hall–Kier alpha value is -0.270. The normalized spacial score (nSPS) is 12.6. The highest BCUT2D eigenvalue weighted by atomic mass is 31.2. The van der Waals surface area contributed by atoms with Gasteiger partial charge >= 0.3 is 15.2 Å². The van der Waals surface area contributed by atoms with Crippen LogP contribution in [0.5, 0.6) is 0 Å². The molecule has 0 spiro atoms. The summed E-state index contributed by atoms with van der Waals surface area (Å²) in [5.74, 6) is -0.554. The molecular weight excluding hydrogens is 360 g/mol. The molecule has 0 rings (SSSR count). The lowest BCUT2D eigenvalue weighted by Crippen LogP contribution is -2.30. The maximum atomic E-state index is 13.2. The first kappa shape index (κ1) is 23.7. The van der Waals surface area contributed by atoms with Crippen LogP contribution >= 0.6 is 15.2 Å². The van der Waals surface area contributed by atoms with Gasteiger partial charge in [0.1, 0.15) is 0 Å². The second kappa shape index (κ2) is 11.4. The van der Waals surface area contributed by atoms with E-state index in [1.54, 1.807) is 27.7 Å². The van der Waals surface area contributed by atoms with Gasteiger partial charge in [-0.25, -0.2) is 5.06 Å². The Morgan fingerprint density at radius 2 is 1.21 bits per heavy atom. The van der Waals surface area contributed by atoms with Gasteiger partial charge in [0.25, 0.3) is 0 Å². The molecule has 0 aliphatic carbocycles. The molecule has 0 fully saturated rings. The number of carbonyl (C=O) groups excluding carboxylic acids is 1. The molecule has 0 aliphatic heterocycles. The molecule has 0 saturated carbocycles. The fourth-order valence-corrected chi connectivity index (χ4v) is 7.14. The van der Waals surface area contributed by atoms with Gasteiger partial charge in [0.05, 0.1) is 40.0 Å². The SMILES string of the molecule is CCOP(=O)(OCC)C(CC(=O)N(C)OC)P(=O)(OCC)OCC. The van der Waals surface area contributed by atoms with Gasteiger partial charge in [-0.2, -0.15) is 0 Å². The van der Waals surface area contributed by atoms with Gasteiger partial charge in [-0.15, -0.1) is 0 Å². The summed E-state index contributed by atoms with van der Waals surface area (Å²) < 4.78 is 47.4. The highest BCUT2D eigenvalue weighted by molar-refractivity contribution is 7.72. The van der Waals surface area contributed by atoms with Gasteiger partial charge in [0.2, 0.25) is 5.91 Å². The lowest BCUT2D eigenvalue weighted by molar-refractivity contribution is -0.168. The van der Waals surface area contributed by atoms with E-state index in [9.17, 15) is 13.9 Å². The minimum absolute atomic E-state index is 0.0559. The summed E-state index contributed by atoms with van der Waals surface area (Å²) in [4.78, 5) is 17.1. The number of carbonyl (C=O) groups is 1. The summed E-state index contributed by atoms with van der Waals surface area (Å²) in [5, 5.41) is -0.438. The molecule has 0 aromatic heterocycles. The standard InChI is InChI=1S/C13H29NO8P2/c1-7-19-23(16,20-8-2)13(11-12(15)14(5)18-6)24(17,21-9-3)22-10-4/h13H,7-11H2,1-6H3. The topological polar surface area (TPSA) is 101 Å². The molecular formula is C13H29NO8P2. The van der Waals surface area contributed by atoms with E-state index in [0.29, 0.717) is 0 Å². The first-order chi connectivity index (χ1) is 11.2. The third-order valence-electron chi connectivity index (χ3n) is 2.95. The van der Waals surface area contributed by atoms with Gasteiger partial charge in [0.15, 0.2) is 5.40 Å². The van der Waals surface area contributed by atoms with Crippen molar-refractivity contribution in [3.05, 3.63) is 0 Å². The van der Waals surface area contributed by atoms with Crippen LogP contribution in [0.3, 0.4) is 0 Å². The second-order valence-electron chi connectivity index (χ2n) is 4.51. The summed E-state index contributed by atoms with van der Waals surface area (Å²) in [7, 11) is -5.17. The molecule has 0 bridgehead atoms. The number of nitrogens with zero attached hydrogens (tertiary/aromatic N) is 1. The molecule has 0 aromatic carbocycles. The lowest BCUT2D eigenvalue weighted by atomic mass is 10.4. The summed E-state index contributed by atoms with van der Waals surface area (Å²) in [5.41, 5.74) is 0. The predicted molar refractivity (Wildman–Crippen MR) is 89.9 cm³/mol. The Morgan fingerprint density at radius 3 is 1.46 bits per heavy atom. The Bertz CT molecular complexity index is 423. The Labute approximate surface area is 143 Å². The lowest BCUT2D eigenvalue weighted by Gasteiger charge is -2.31. The van der Waals surface area contributed by atoms with Gasteiger partial charge < -0.3 is 18.1 Å². The second-order valence-corrected chi connectivity index (χ2v) is 9.36. The van der Waals surface area contributed by atoms with Crippen molar-refractivity contribution in [2.75, 3.05) is 40.6 Å². The van der Waals surface area contributed by atoms with E-state index in [0.717, 1.165) is 5.06 Å². The summed E-state index contributed by atoms with van der Waals surface area (Å²) in [6.45, 7) is 6.72. The van der Waals surface area contributed by atoms with E-state index < -0.39 is 32.9 Å². The van der Waals surface area contributed by atoms with Crippen LogP contribution in [-0.2, 0) is 36.9 Å². The molecule has 0 N–H and O–H groups in total. The van der Waals surface area contributed by atoms with Crippen LogP contribution in [0.25, 0.3) is 0 Å². The molecule has 0 heterocycles. The third kappa shape index (κ3) is 6.56. The van der Waals surface area contributed by atoms with Gasteiger partial charge in [-0.1, -0.05) is 0 Å². The average molecular weight is 389 g/mol. The van der Waals surface area contributed by atoms with Crippen molar-refractivity contribution in [3.8, 4) is 0 Å². The number of hydroxylamine groups is 2. The fourth-order valence-electron chi connectivity index (χ4n) is 1.92. The largest absolute Gasteiger partial charge is 0.346 e. The van der Waals surface area contributed by atoms with Crippen molar-refractivity contribution in [3.63, 3.8) is 0 Å². The molecule has 9 nitrogen and oxygen atoms in total. The van der Waals surface area contributed by atoms with Crippen LogP contribution < -0.4 is 0 Å². The van der Waals surface area contributed by atoms with Crippen LogP contribution in [0.1, 0.15) is 34.1 Å². The summed E-state index contributed by atoms with van der Waals surface area (Å²) in [6.07, 6.45) is -0.432. The molecule has 11 heteroatoms. The van der Waals surface area contributed by atoms with E-state index >= 15 is 0 Å². The number of hydrogen-bond acceptors (Lipinski definition) is 8. The highest BCUT2D eigenvalue weighted by Crippen LogP contribution is 2.71. The Kier molecular flexibility index (Phi) is 11.2. The zero-order valence-electron chi connectivity index (χ0n) is 15.2. The molecule has 24 heavy (non-hydrogen) atoms. The van der Waals surface area contributed by atoms with E-state index in [1.807, 2.05) is 0 Å². The van der Waals surface area contributed by atoms with Crippen molar-refractivity contribution in [1.29, 1.82) is 0 Å². The molecule has 0 aromatic rings. The van der Waals surface area contributed by atoms with Crippen molar-refractivity contribution in [1.82, 2.24) is 5.06 Å². The minimum atomic E-state index is -3.93. The Balaban J connectivity index is 5.91. The maximum absolute atomic E-state index is 13.2. The van der Waals surface area contributed by atoms with Gasteiger partial charge in [0, 0.05) is 7.05 Å².